The maximum atomic E-state index is 13.8. The van der Waals surface area contributed by atoms with E-state index < -0.39 is 11.9 Å². The summed E-state index contributed by atoms with van der Waals surface area (Å²) in [6.45, 7) is 3.80. The van der Waals surface area contributed by atoms with Crippen LogP contribution in [0.1, 0.15) is 37.5 Å². The highest BCUT2D eigenvalue weighted by Crippen LogP contribution is 2.33. The first-order valence-electron chi connectivity index (χ1n) is 9.64. The Hall–Kier alpha value is -2.64. The number of pyridine rings is 1. The molecule has 1 saturated heterocycles. The van der Waals surface area contributed by atoms with Crippen LogP contribution >= 0.6 is 11.6 Å². The second-order valence-corrected chi connectivity index (χ2v) is 7.58. The van der Waals surface area contributed by atoms with E-state index in [4.69, 9.17) is 22.1 Å². The van der Waals surface area contributed by atoms with Gasteiger partial charge in [-0.1, -0.05) is 23.7 Å². The molecular weight excluding hydrogens is 393 g/mol. The van der Waals surface area contributed by atoms with E-state index in [0.29, 0.717) is 17.4 Å². The van der Waals surface area contributed by atoms with E-state index in [1.807, 2.05) is 23.1 Å². The van der Waals surface area contributed by atoms with Gasteiger partial charge >= 0.3 is 0 Å². The predicted octanol–water partition coefficient (Wildman–Crippen LogP) is 4.38. The van der Waals surface area contributed by atoms with Crippen molar-refractivity contribution in [2.45, 2.75) is 31.9 Å². The molecule has 1 aliphatic rings. The van der Waals surface area contributed by atoms with Crippen molar-refractivity contribution in [3.63, 3.8) is 0 Å². The minimum atomic E-state index is -0.491. The smallest absolute Gasteiger partial charge is 0.166 e. The quantitative estimate of drug-likeness (QED) is 0.646. The minimum Gasteiger partial charge on any atom is -0.482 e. The molecule has 0 amide bonds. The molecule has 2 aromatic heterocycles. The van der Waals surface area contributed by atoms with E-state index in [1.165, 1.54) is 6.07 Å². The van der Waals surface area contributed by atoms with Crippen LogP contribution in [0.5, 0.6) is 5.75 Å². The van der Waals surface area contributed by atoms with Gasteiger partial charge in [-0.05, 0) is 45.0 Å². The van der Waals surface area contributed by atoms with Crippen LogP contribution in [0.3, 0.4) is 0 Å². The highest BCUT2D eigenvalue weighted by Gasteiger charge is 2.18. The van der Waals surface area contributed by atoms with Crippen LogP contribution < -0.4 is 15.8 Å². The van der Waals surface area contributed by atoms with Crippen molar-refractivity contribution in [3.8, 4) is 16.9 Å². The number of nitrogens with two attached hydrogens (primary N) is 1. The lowest BCUT2D eigenvalue weighted by atomic mass is 10.1. The van der Waals surface area contributed by atoms with Gasteiger partial charge < -0.3 is 15.8 Å². The Labute approximate surface area is 173 Å². The average molecular weight is 416 g/mol. The van der Waals surface area contributed by atoms with Crippen molar-refractivity contribution in [2.24, 2.45) is 0 Å². The summed E-state index contributed by atoms with van der Waals surface area (Å²) in [5.74, 6) is 0.202. The number of hydrogen-bond acceptors (Lipinski definition) is 5. The number of ether oxygens (including phenoxy) is 1. The molecule has 3 aromatic rings. The van der Waals surface area contributed by atoms with Crippen LogP contribution in [0.25, 0.3) is 11.1 Å². The Morgan fingerprint density at radius 3 is 2.86 bits per heavy atom. The van der Waals surface area contributed by atoms with E-state index in [1.54, 1.807) is 25.3 Å². The molecule has 0 aliphatic carbocycles. The van der Waals surface area contributed by atoms with Crippen LogP contribution in [0.15, 0.2) is 42.9 Å². The summed E-state index contributed by atoms with van der Waals surface area (Å²) in [4.78, 5) is 4.26. The number of hydrogen-bond donors (Lipinski definition) is 2. The maximum absolute atomic E-state index is 13.8. The molecule has 1 unspecified atom stereocenters. The summed E-state index contributed by atoms with van der Waals surface area (Å²) >= 11 is 6.08. The Balaban J connectivity index is 1.56. The van der Waals surface area contributed by atoms with Gasteiger partial charge in [-0.2, -0.15) is 5.10 Å². The fraction of sp³-hybridized carbons (Fsp3) is 0.333. The number of nitrogens with zero attached hydrogens (tertiary/aromatic N) is 3. The van der Waals surface area contributed by atoms with Gasteiger partial charge in [-0.3, -0.25) is 4.68 Å². The lowest BCUT2D eigenvalue weighted by molar-refractivity contribution is 0.227. The first kappa shape index (κ1) is 19.7. The third-order valence-electron chi connectivity index (χ3n) is 5.22. The molecule has 29 heavy (non-hydrogen) atoms. The average Bonchev–Trinajstić information content (AvgIpc) is 3.22. The molecule has 1 atom stereocenters. The van der Waals surface area contributed by atoms with E-state index in [-0.39, 0.29) is 10.8 Å². The van der Waals surface area contributed by atoms with E-state index in [0.717, 1.165) is 37.1 Å². The highest BCUT2D eigenvalue weighted by molar-refractivity contribution is 6.31. The molecule has 3 heterocycles. The van der Waals surface area contributed by atoms with Gasteiger partial charge in [0.1, 0.15) is 11.9 Å². The normalized spacial score (nSPS) is 16.0. The van der Waals surface area contributed by atoms with Crippen molar-refractivity contribution in [3.05, 3.63) is 59.3 Å². The first-order chi connectivity index (χ1) is 14.0. The fourth-order valence-electron chi connectivity index (χ4n) is 3.55. The van der Waals surface area contributed by atoms with E-state index in [9.17, 15) is 4.39 Å². The zero-order valence-corrected chi connectivity index (χ0v) is 16.9. The Bertz CT molecular complexity index is 1000. The zero-order chi connectivity index (χ0) is 20.4. The summed E-state index contributed by atoms with van der Waals surface area (Å²) in [5.41, 5.74) is 8.36. The largest absolute Gasteiger partial charge is 0.482 e. The van der Waals surface area contributed by atoms with Crippen molar-refractivity contribution >= 4 is 17.4 Å². The third kappa shape index (κ3) is 4.21. The molecule has 3 N–H and O–H groups in total. The topological polar surface area (TPSA) is 78.0 Å². The van der Waals surface area contributed by atoms with Gasteiger partial charge in [0.25, 0.3) is 0 Å². The van der Waals surface area contributed by atoms with Crippen LogP contribution in [-0.4, -0.2) is 27.9 Å². The fourth-order valence-corrected chi connectivity index (χ4v) is 3.83. The van der Waals surface area contributed by atoms with Gasteiger partial charge in [0.15, 0.2) is 11.6 Å². The maximum Gasteiger partial charge on any atom is 0.166 e. The third-order valence-corrected chi connectivity index (χ3v) is 5.62. The molecule has 0 saturated carbocycles. The first-order valence-corrected chi connectivity index (χ1v) is 10.0. The molecule has 6 nitrogen and oxygen atoms in total. The lowest BCUT2D eigenvalue weighted by Crippen LogP contribution is -2.29. The molecule has 1 aliphatic heterocycles. The molecule has 4 rings (SSSR count). The number of benzene rings is 1. The second-order valence-electron chi connectivity index (χ2n) is 7.20. The standard InChI is InChI=1S/C21H23ClFN5O/c1-13(17-3-2-4-18(23)20(17)22)29-19-9-14(10-26-21(19)24)15-11-27-28(12-15)16-5-7-25-8-6-16/h2-4,9-13,16,25H,5-8H2,1H3,(H2,24,26). The molecular formula is C21H23ClFN5O. The molecule has 0 bridgehead atoms. The minimum absolute atomic E-state index is 0.0472. The zero-order valence-electron chi connectivity index (χ0n) is 16.1. The second kappa shape index (κ2) is 8.39. The number of piperidine rings is 1. The van der Waals surface area contributed by atoms with Gasteiger partial charge in [0.2, 0.25) is 0 Å². The SMILES string of the molecule is CC(Oc1cc(-c2cnn(C3CCNCC3)c2)cnc1N)c1cccc(F)c1Cl. The number of anilines is 1. The monoisotopic (exact) mass is 415 g/mol. The summed E-state index contributed by atoms with van der Waals surface area (Å²) in [7, 11) is 0. The van der Waals surface area contributed by atoms with E-state index in [2.05, 4.69) is 15.4 Å². The van der Waals surface area contributed by atoms with Crippen molar-refractivity contribution in [1.29, 1.82) is 0 Å². The molecule has 1 fully saturated rings. The number of rotatable bonds is 5. The number of halogens is 2. The Kier molecular flexibility index (Phi) is 5.69. The van der Waals surface area contributed by atoms with Crippen molar-refractivity contribution in [1.82, 2.24) is 20.1 Å². The lowest BCUT2D eigenvalue weighted by Gasteiger charge is -2.22. The Morgan fingerprint density at radius 2 is 2.07 bits per heavy atom. The summed E-state index contributed by atoms with van der Waals surface area (Å²) in [6, 6.07) is 6.87. The summed E-state index contributed by atoms with van der Waals surface area (Å²) < 4.78 is 21.8. The number of aromatic nitrogens is 3. The summed E-state index contributed by atoms with van der Waals surface area (Å²) in [5, 5.41) is 7.94. The van der Waals surface area contributed by atoms with E-state index >= 15 is 0 Å². The number of nitrogen functional groups attached to an aromatic ring is 1. The predicted molar refractivity (Wildman–Crippen MR) is 111 cm³/mol. The van der Waals surface area contributed by atoms with Gasteiger partial charge in [0, 0.05) is 29.1 Å². The van der Waals surface area contributed by atoms with Crippen LogP contribution in [0.2, 0.25) is 5.02 Å². The molecule has 8 heteroatoms. The highest BCUT2D eigenvalue weighted by atomic mass is 35.5. The summed E-state index contributed by atoms with van der Waals surface area (Å²) in [6.07, 6.45) is 7.18. The Morgan fingerprint density at radius 1 is 1.28 bits per heavy atom. The van der Waals surface area contributed by atoms with Gasteiger partial charge in [0.05, 0.1) is 17.3 Å². The molecule has 0 spiro atoms. The number of nitrogens with one attached hydrogen (secondary N) is 1. The molecule has 1 aromatic carbocycles. The van der Waals surface area contributed by atoms with Crippen LogP contribution in [0.4, 0.5) is 10.2 Å². The van der Waals surface area contributed by atoms with Gasteiger partial charge in [-0.15, -0.1) is 0 Å². The van der Waals surface area contributed by atoms with Crippen LogP contribution in [-0.2, 0) is 0 Å². The molecule has 0 radical (unpaired) electrons. The van der Waals surface area contributed by atoms with Gasteiger partial charge in [-0.25, -0.2) is 9.37 Å². The van der Waals surface area contributed by atoms with Crippen LogP contribution in [0, 0.1) is 5.82 Å². The van der Waals surface area contributed by atoms with Crippen molar-refractivity contribution in [2.75, 3.05) is 18.8 Å². The van der Waals surface area contributed by atoms with Crippen molar-refractivity contribution < 1.29 is 9.13 Å². The molecule has 152 valence electrons.